The highest BCUT2D eigenvalue weighted by Crippen LogP contribution is 2.23. The molecule has 1 aliphatic carbocycles. The summed E-state index contributed by atoms with van der Waals surface area (Å²) in [7, 11) is 0. The number of hydrogen-bond acceptors (Lipinski definition) is 4. The van der Waals surface area contributed by atoms with Gasteiger partial charge in [-0.3, -0.25) is 0 Å². The Morgan fingerprint density at radius 3 is 2.71 bits per heavy atom. The number of aromatic nitrogens is 1. The highest BCUT2D eigenvalue weighted by Gasteiger charge is 2.20. The summed E-state index contributed by atoms with van der Waals surface area (Å²) in [6, 6.07) is 10.2. The lowest BCUT2D eigenvalue weighted by molar-refractivity contribution is 0.117. The van der Waals surface area contributed by atoms with Crippen LogP contribution in [0.3, 0.4) is 0 Å². The molecule has 1 fully saturated rings. The van der Waals surface area contributed by atoms with E-state index >= 15 is 0 Å². The molecule has 0 radical (unpaired) electrons. The molecule has 24 heavy (non-hydrogen) atoms. The second kappa shape index (κ2) is 8.26. The zero-order chi connectivity index (χ0) is 16.8. The average Bonchev–Trinajstić information content (AvgIpc) is 3.07. The Bertz CT molecular complexity index is 651. The van der Waals surface area contributed by atoms with Gasteiger partial charge in [0.25, 0.3) is 0 Å². The van der Waals surface area contributed by atoms with Gasteiger partial charge >= 0.3 is 6.03 Å². The second-order valence-electron chi connectivity index (χ2n) is 6.17. The molecule has 1 aromatic heterocycles. The first-order chi connectivity index (χ1) is 11.7. The number of carbonyl (C=O) groups excluding carboxylic acids is 1. The molecule has 2 aromatic rings. The van der Waals surface area contributed by atoms with Gasteiger partial charge in [-0.25, -0.2) is 9.78 Å². The summed E-state index contributed by atoms with van der Waals surface area (Å²) in [6.45, 7) is 0.569. The molecule has 0 aliphatic heterocycles. The summed E-state index contributed by atoms with van der Waals surface area (Å²) in [5, 5.41) is 18.4. The van der Waals surface area contributed by atoms with Crippen molar-refractivity contribution in [3.05, 3.63) is 41.4 Å². The Labute approximate surface area is 146 Å². The molecule has 0 saturated heterocycles. The summed E-state index contributed by atoms with van der Waals surface area (Å²) in [6.07, 6.45) is 3.76. The first kappa shape index (κ1) is 16.9. The van der Waals surface area contributed by atoms with E-state index in [1.165, 1.54) is 0 Å². The molecule has 1 aliphatic rings. The Morgan fingerprint density at radius 1 is 1.21 bits per heavy atom. The van der Waals surface area contributed by atoms with Gasteiger partial charge < -0.3 is 15.7 Å². The molecule has 5 nitrogen and oxygen atoms in total. The van der Waals surface area contributed by atoms with Crippen LogP contribution in [0.25, 0.3) is 10.6 Å². The highest BCUT2D eigenvalue weighted by atomic mass is 32.1. The van der Waals surface area contributed by atoms with Crippen molar-refractivity contribution < 1.29 is 9.90 Å². The summed E-state index contributed by atoms with van der Waals surface area (Å²) in [5.41, 5.74) is 2.12. The monoisotopic (exact) mass is 345 g/mol. The number of urea groups is 1. The van der Waals surface area contributed by atoms with Gasteiger partial charge in [0, 0.05) is 30.0 Å². The van der Waals surface area contributed by atoms with E-state index in [0.717, 1.165) is 48.4 Å². The zero-order valence-corrected chi connectivity index (χ0v) is 14.4. The van der Waals surface area contributed by atoms with Gasteiger partial charge in [-0.2, -0.15) is 0 Å². The maximum atomic E-state index is 11.9. The number of amides is 2. The van der Waals surface area contributed by atoms with Crippen LogP contribution in [0.2, 0.25) is 0 Å². The molecule has 0 spiro atoms. The molecule has 128 valence electrons. The largest absolute Gasteiger partial charge is 0.393 e. The van der Waals surface area contributed by atoms with Crippen LogP contribution in [-0.2, 0) is 6.42 Å². The molecule has 1 saturated carbocycles. The Kier molecular flexibility index (Phi) is 5.82. The van der Waals surface area contributed by atoms with Crippen LogP contribution in [0.4, 0.5) is 4.79 Å². The second-order valence-corrected chi connectivity index (χ2v) is 7.02. The predicted octanol–water partition coefficient (Wildman–Crippen LogP) is 2.96. The van der Waals surface area contributed by atoms with Crippen LogP contribution in [0.5, 0.6) is 0 Å². The maximum Gasteiger partial charge on any atom is 0.315 e. The lowest BCUT2D eigenvalue weighted by Crippen LogP contribution is -2.44. The molecular formula is C18H23N3O2S. The molecular weight excluding hydrogens is 322 g/mol. The molecule has 3 N–H and O–H groups in total. The number of thiazole rings is 1. The van der Waals surface area contributed by atoms with Crippen LogP contribution in [0.15, 0.2) is 35.7 Å². The summed E-state index contributed by atoms with van der Waals surface area (Å²) >= 11 is 1.63. The quantitative estimate of drug-likeness (QED) is 0.780. The van der Waals surface area contributed by atoms with Crippen molar-refractivity contribution in [2.75, 3.05) is 6.54 Å². The van der Waals surface area contributed by atoms with Crippen molar-refractivity contribution in [3.8, 4) is 10.6 Å². The zero-order valence-electron chi connectivity index (χ0n) is 13.6. The number of hydrogen-bond donors (Lipinski definition) is 3. The Hall–Kier alpha value is -1.92. The van der Waals surface area contributed by atoms with E-state index in [2.05, 4.69) is 27.8 Å². The van der Waals surface area contributed by atoms with Crippen LogP contribution < -0.4 is 10.6 Å². The van der Waals surface area contributed by atoms with Crippen LogP contribution in [-0.4, -0.2) is 34.8 Å². The Balaban J connectivity index is 1.40. The Morgan fingerprint density at radius 2 is 1.96 bits per heavy atom. The fraction of sp³-hybridized carbons (Fsp3) is 0.444. The maximum absolute atomic E-state index is 11.9. The molecule has 1 aromatic carbocycles. The fourth-order valence-electron chi connectivity index (χ4n) is 2.90. The summed E-state index contributed by atoms with van der Waals surface area (Å²) in [4.78, 5) is 16.5. The molecule has 2 amide bonds. The van der Waals surface area contributed by atoms with Gasteiger partial charge in [0.2, 0.25) is 0 Å². The lowest BCUT2D eigenvalue weighted by atomic mass is 9.93. The minimum Gasteiger partial charge on any atom is -0.393 e. The van der Waals surface area contributed by atoms with Gasteiger partial charge in [0.15, 0.2) is 0 Å². The van der Waals surface area contributed by atoms with E-state index in [4.69, 9.17) is 0 Å². The number of aliphatic hydroxyl groups is 1. The van der Waals surface area contributed by atoms with Gasteiger partial charge in [-0.15, -0.1) is 11.3 Å². The smallest absolute Gasteiger partial charge is 0.315 e. The SMILES string of the molecule is O=C(NCCc1csc(-c2ccccc2)n1)NC1CCC(O)CC1. The molecule has 6 heteroatoms. The minimum absolute atomic E-state index is 0.130. The third kappa shape index (κ3) is 4.79. The number of nitrogens with one attached hydrogen (secondary N) is 2. The van der Waals surface area contributed by atoms with Crippen molar-refractivity contribution >= 4 is 17.4 Å². The van der Waals surface area contributed by atoms with Crippen molar-refractivity contribution in [1.82, 2.24) is 15.6 Å². The minimum atomic E-state index is -0.199. The van der Waals surface area contributed by atoms with Gasteiger partial charge in [-0.1, -0.05) is 30.3 Å². The highest BCUT2D eigenvalue weighted by molar-refractivity contribution is 7.13. The summed E-state index contributed by atoms with van der Waals surface area (Å²) < 4.78 is 0. The molecule has 1 heterocycles. The molecule has 0 atom stereocenters. The van der Waals surface area contributed by atoms with Crippen LogP contribution in [0.1, 0.15) is 31.4 Å². The number of nitrogens with zero attached hydrogens (tertiary/aromatic N) is 1. The van der Waals surface area contributed by atoms with E-state index in [0.29, 0.717) is 6.54 Å². The average molecular weight is 345 g/mol. The van der Waals surface area contributed by atoms with Crippen molar-refractivity contribution in [2.45, 2.75) is 44.2 Å². The van der Waals surface area contributed by atoms with Gasteiger partial charge in [0.1, 0.15) is 5.01 Å². The number of benzene rings is 1. The number of rotatable bonds is 5. The molecule has 0 bridgehead atoms. The first-order valence-electron chi connectivity index (χ1n) is 8.43. The standard InChI is InChI=1S/C18H23N3O2S/c22-16-8-6-14(7-9-16)21-18(23)19-11-10-15-12-24-17(20-15)13-4-2-1-3-5-13/h1-5,12,14,16,22H,6-11H2,(H2,19,21,23). The third-order valence-corrected chi connectivity index (χ3v) is 5.21. The van der Waals surface area contributed by atoms with E-state index in [9.17, 15) is 9.90 Å². The van der Waals surface area contributed by atoms with E-state index in [1.807, 2.05) is 23.6 Å². The van der Waals surface area contributed by atoms with E-state index in [1.54, 1.807) is 11.3 Å². The van der Waals surface area contributed by atoms with Gasteiger partial charge in [-0.05, 0) is 25.7 Å². The normalized spacial score (nSPS) is 20.5. The molecule has 3 rings (SSSR count). The van der Waals surface area contributed by atoms with Crippen molar-refractivity contribution in [3.63, 3.8) is 0 Å². The van der Waals surface area contributed by atoms with Gasteiger partial charge in [0.05, 0.1) is 11.8 Å². The van der Waals surface area contributed by atoms with Crippen molar-refractivity contribution in [2.24, 2.45) is 0 Å². The topological polar surface area (TPSA) is 74.2 Å². The summed E-state index contributed by atoms with van der Waals surface area (Å²) in [5.74, 6) is 0. The lowest BCUT2D eigenvalue weighted by Gasteiger charge is -2.26. The van der Waals surface area contributed by atoms with E-state index in [-0.39, 0.29) is 18.2 Å². The first-order valence-corrected chi connectivity index (χ1v) is 9.31. The van der Waals surface area contributed by atoms with Crippen LogP contribution >= 0.6 is 11.3 Å². The molecule has 0 unspecified atom stereocenters. The van der Waals surface area contributed by atoms with Crippen molar-refractivity contribution in [1.29, 1.82) is 0 Å². The third-order valence-electron chi connectivity index (χ3n) is 4.27. The van der Waals surface area contributed by atoms with Crippen LogP contribution in [0, 0.1) is 0 Å². The fourth-order valence-corrected chi connectivity index (χ4v) is 3.76. The number of carbonyl (C=O) groups is 1. The number of aliphatic hydroxyl groups excluding tert-OH is 1. The van der Waals surface area contributed by atoms with E-state index < -0.39 is 0 Å². The predicted molar refractivity (Wildman–Crippen MR) is 96.1 cm³/mol.